The Labute approximate surface area is 104 Å². The van der Waals surface area contributed by atoms with E-state index in [1.54, 1.807) is 0 Å². The van der Waals surface area contributed by atoms with Gasteiger partial charge in [0.25, 0.3) is 0 Å². The first kappa shape index (κ1) is 14.3. The molecule has 0 aliphatic rings. The zero-order valence-corrected chi connectivity index (χ0v) is 10.4. The lowest BCUT2D eigenvalue weighted by molar-refractivity contribution is 0.0694. The van der Waals surface area contributed by atoms with Gasteiger partial charge in [0.15, 0.2) is 0 Å². The molecule has 1 rings (SSSR count). The molecule has 1 aromatic rings. The molecule has 0 spiro atoms. The topological polar surface area (TPSA) is 113 Å². The number of carboxylic acid groups (broad SMARTS) is 1. The number of phenols is 1. The van der Waals surface area contributed by atoms with E-state index in [1.807, 2.05) is 0 Å². The zero-order chi connectivity index (χ0) is 13.8. The third-order valence-electron chi connectivity index (χ3n) is 2.06. The van der Waals surface area contributed by atoms with Crippen LogP contribution in [0.1, 0.15) is 10.4 Å². The van der Waals surface area contributed by atoms with E-state index < -0.39 is 21.7 Å². The minimum atomic E-state index is -3.58. The van der Waals surface area contributed by atoms with Crippen LogP contribution >= 0.6 is 0 Å². The van der Waals surface area contributed by atoms with Crippen molar-refractivity contribution < 1.29 is 28.2 Å². The van der Waals surface area contributed by atoms with Gasteiger partial charge in [0.2, 0.25) is 10.0 Å². The van der Waals surface area contributed by atoms with Gasteiger partial charge < -0.3 is 14.9 Å². The summed E-state index contributed by atoms with van der Waals surface area (Å²) in [5.41, 5.74) is -0.205. The van der Waals surface area contributed by atoms with E-state index in [2.05, 4.69) is 9.46 Å². The van der Waals surface area contributed by atoms with E-state index in [0.29, 0.717) is 0 Å². The Balaban J connectivity index is 2.87. The van der Waals surface area contributed by atoms with Gasteiger partial charge in [0.05, 0.1) is 18.0 Å². The number of sulfonamides is 1. The minimum absolute atomic E-state index is 0.0362. The summed E-state index contributed by atoms with van der Waals surface area (Å²) in [6.45, 7) is 0.0362. The summed E-state index contributed by atoms with van der Waals surface area (Å²) in [4.78, 5) is 10.6. The van der Waals surface area contributed by atoms with Crippen molar-refractivity contribution in [1.29, 1.82) is 0 Å². The molecular weight excluding hydrogens is 262 g/mol. The van der Waals surface area contributed by atoms with Crippen molar-refractivity contribution in [2.45, 2.75) is 0 Å². The number of hydrogen-bond acceptors (Lipinski definition) is 5. The van der Waals surface area contributed by atoms with Gasteiger partial charge in [-0.3, -0.25) is 4.72 Å². The van der Waals surface area contributed by atoms with E-state index in [-0.39, 0.29) is 23.6 Å². The number of carbonyl (C=O) groups is 1. The molecule has 18 heavy (non-hydrogen) atoms. The second-order valence-electron chi connectivity index (χ2n) is 3.45. The first-order valence-corrected chi connectivity index (χ1v) is 6.56. The predicted molar refractivity (Wildman–Crippen MR) is 64.4 cm³/mol. The highest BCUT2D eigenvalue weighted by Gasteiger charge is 2.13. The van der Waals surface area contributed by atoms with E-state index >= 15 is 0 Å². The standard InChI is InChI=1S/C10H13NO6S/c1-17-4-5-18(15,16)11-7-2-3-8(10(13)14)9(12)6-7/h2-3,6,11-12H,4-5H2,1H3,(H,13,14). The fourth-order valence-electron chi connectivity index (χ4n) is 1.20. The van der Waals surface area contributed by atoms with Crippen molar-refractivity contribution in [3.05, 3.63) is 23.8 Å². The van der Waals surface area contributed by atoms with Crippen LogP contribution in [0.15, 0.2) is 18.2 Å². The highest BCUT2D eigenvalue weighted by molar-refractivity contribution is 7.92. The van der Waals surface area contributed by atoms with E-state index in [9.17, 15) is 18.3 Å². The fraction of sp³-hybridized carbons (Fsp3) is 0.300. The lowest BCUT2D eigenvalue weighted by Gasteiger charge is -2.08. The van der Waals surface area contributed by atoms with Gasteiger partial charge in [-0.2, -0.15) is 0 Å². The largest absolute Gasteiger partial charge is 0.507 e. The third kappa shape index (κ3) is 3.90. The van der Waals surface area contributed by atoms with Crippen LogP contribution in [0.25, 0.3) is 0 Å². The van der Waals surface area contributed by atoms with Crippen molar-refractivity contribution in [2.75, 3.05) is 24.2 Å². The number of benzene rings is 1. The third-order valence-corrected chi connectivity index (χ3v) is 3.31. The van der Waals surface area contributed by atoms with Crippen LogP contribution in [0.2, 0.25) is 0 Å². The van der Waals surface area contributed by atoms with Crippen molar-refractivity contribution in [1.82, 2.24) is 0 Å². The molecule has 0 amide bonds. The van der Waals surface area contributed by atoms with Crippen molar-refractivity contribution >= 4 is 21.7 Å². The summed E-state index contributed by atoms with van der Waals surface area (Å²) in [6, 6.07) is 3.41. The SMILES string of the molecule is COCCS(=O)(=O)Nc1ccc(C(=O)O)c(O)c1. The molecule has 0 aliphatic carbocycles. The first-order chi connectivity index (χ1) is 8.35. The second kappa shape index (κ2) is 5.69. The molecule has 0 bridgehead atoms. The number of aromatic carboxylic acids is 1. The first-order valence-electron chi connectivity index (χ1n) is 4.91. The second-order valence-corrected chi connectivity index (χ2v) is 5.29. The molecule has 8 heteroatoms. The Morgan fingerprint density at radius 3 is 2.61 bits per heavy atom. The van der Waals surface area contributed by atoms with Crippen molar-refractivity contribution in [2.24, 2.45) is 0 Å². The Morgan fingerprint density at radius 1 is 1.44 bits per heavy atom. The predicted octanol–water partition coefficient (Wildman–Crippen LogP) is 0.478. The average molecular weight is 275 g/mol. The molecular formula is C10H13NO6S. The van der Waals surface area contributed by atoms with Crippen LogP contribution in [0.4, 0.5) is 5.69 Å². The maximum absolute atomic E-state index is 11.5. The number of carboxylic acids is 1. The van der Waals surface area contributed by atoms with Crippen LogP contribution in [0, 0.1) is 0 Å². The Kier molecular flexibility index (Phi) is 4.51. The maximum atomic E-state index is 11.5. The van der Waals surface area contributed by atoms with Crippen LogP contribution < -0.4 is 4.72 Å². The van der Waals surface area contributed by atoms with Gasteiger partial charge in [-0.1, -0.05) is 0 Å². The molecule has 100 valence electrons. The van der Waals surface area contributed by atoms with Crippen molar-refractivity contribution in [3.8, 4) is 5.75 Å². The van der Waals surface area contributed by atoms with Gasteiger partial charge in [-0.15, -0.1) is 0 Å². The number of methoxy groups -OCH3 is 1. The lowest BCUT2D eigenvalue weighted by Crippen LogP contribution is -2.19. The quantitative estimate of drug-likeness (QED) is 0.696. The van der Waals surface area contributed by atoms with Crippen LogP contribution in [0.3, 0.4) is 0 Å². The minimum Gasteiger partial charge on any atom is -0.507 e. The molecule has 0 atom stereocenters. The van der Waals surface area contributed by atoms with E-state index in [0.717, 1.165) is 12.1 Å². The van der Waals surface area contributed by atoms with Gasteiger partial charge in [-0.05, 0) is 12.1 Å². The number of ether oxygens (including phenoxy) is 1. The van der Waals surface area contributed by atoms with Gasteiger partial charge in [-0.25, -0.2) is 13.2 Å². The molecule has 0 unspecified atom stereocenters. The molecule has 0 saturated heterocycles. The Hall–Kier alpha value is -1.80. The molecule has 0 radical (unpaired) electrons. The molecule has 0 heterocycles. The van der Waals surface area contributed by atoms with Gasteiger partial charge in [0, 0.05) is 13.2 Å². The summed E-state index contributed by atoms with van der Waals surface area (Å²) < 4.78 is 29.8. The lowest BCUT2D eigenvalue weighted by atomic mass is 10.2. The van der Waals surface area contributed by atoms with Crippen LogP contribution in [-0.2, 0) is 14.8 Å². The zero-order valence-electron chi connectivity index (χ0n) is 9.58. The fourth-order valence-corrected chi connectivity index (χ4v) is 2.17. The molecule has 7 nitrogen and oxygen atoms in total. The molecule has 0 aromatic heterocycles. The molecule has 0 fully saturated rings. The maximum Gasteiger partial charge on any atom is 0.339 e. The summed E-state index contributed by atoms with van der Waals surface area (Å²) in [7, 11) is -2.20. The Bertz CT molecular complexity index is 539. The number of hydrogen-bond donors (Lipinski definition) is 3. The monoisotopic (exact) mass is 275 g/mol. The molecule has 0 aliphatic heterocycles. The summed E-state index contributed by atoms with van der Waals surface area (Å²) in [5, 5.41) is 18.1. The highest BCUT2D eigenvalue weighted by atomic mass is 32.2. The number of anilines is 1. The van der Waals surface area contributed by atoms with Crippen LogP contribution in [0.5, 0.6) is 5.75 Å². The molecule has 0 saturated carbocycles. The van der Waals surface area contributed by atoms with Gasteiger partial charge >= 0.3 is 5.97 Å². The summed E-state index contributed by atoms with van der Waals surface area (Å²) in [5.74, 6) is -2.03. The number of nitrogens with one attached hydrogen (secondary N) is 1. The van der Waals surface area contributed by atoms with Gasteiger partial charge in [0.1, 0.15) is 11.3 Å². The van der Waals surface area contributed by atoms with Crippen LogP contribution in [-0.4, -0.2) is 44.1 Å². The number of aromatic hydroxyl groups is 1. The highest BCUT2D eigenvalue weighted by Crippen LogP contribution is 2.22. The molecule has 3 N–H and O–H groups in total. The Morgan fingerprint density at radius 2 is 2.11 bits per heavy atom. The van der Waals surface area contributed by atoms with E-state index in [1.165, 1.54) is 13.2 Å². The van der Waals surface area contributed by atoms with E-state index in [4.69, 9.17) is 5.11 Å². The molecule has 1 aromatic carbocycles. The summed E-state index contributed by atoms with van der Waals surface area (Å²) in [6.07, 6.45) is 0. The normalized spacial score (nSPS) is 11.2. The number of rotatable bonds is 6. The summed E-state index contributed by atoms with van der Waals surface area (Å²) >= 11 is 0. The average Bonchev–Trinajstić information content (AvgIpc) is 2.25. The smallest absolute Gasteiger partial charge is 0.339 e. The van der Waals surface area contributed by atoms with Crippen molar-refractivity contribution in [3.63, 3.8) is 0 Å².